The zero-order valence-electron chi connectivity index (χ0n) is 9.76. The average molecular weight is 326 g/mol. The van der Waals surface area contributed by atoms with Crippen molar-refractivity contribution in [2.45, 2.75) is 19.3 Å². The standard InChI is InChI=1S/C13H12BrNO2S/c1-8-7-18-12(15-8)11(13(16)17)6-9-3-2-4-10(14)5-9/h2-5,7,11H,6H2,1H3,(H,16,17). The summed E-state index contributed by atoms with van der Waals surface area (Å²) < 4.78 is 0.958. The predicted octanol–water partition coefficient (Wildman–Crippen LogP) is 3.62. The van der Waals surface area contributed by atoms with Gasteiger partial charge in [0.1, 0.15) is 10.9 Å². The highest BCUT2D eigenvalue weighted by molar-refractivity contribution is 9.10. The normalized spacial score (nSPS) is 12.3. The molecule has 1 aromatic heterocycles. The molecule has 0 aliphatic heterocycles. The number of aromatic nitrogens is 1. The quantitative estimate of drug-likeness (QED) is 0.933. The lowest BCUT2D eigenvalue weighted by Crippen LogP contribution is -2.14. The molecular weight excluding hydrogens is 314 g/mol. The number of aryl methyl sites for hydroxylation is 1. The molecule has 1 heterocycles. The van der Waals surface area contributed by atoms with Crippen molar-refractivity contribution in [1.82, 2.24) is 4.98 Å². The van der Waals surface area contributed by atoms with E-state index in [0.29, 0.717) is 11.4 Å². The van der Waals surface area contributed by atoms with Crippen molar-refractivity contribution >= 4 is 33.2 Å². The first-order valence-electron chi connectivity index (χ1n) is 5.45. The number of nitrogens with zero attached hydrogens (tertiary/aromatic N) is 1. The number of thiazole rings is 1. The Kier molecular flexibility index (Phi) is 4.14. The maximum absolute atomic E-state index is 11.4. The maximum atomic E-state index is 11.4. The molecule has 1 N–H and O–H groups in total. The van der Waals surface area contributed by atoms with E-state index in [9.17, 15) is 9.90 Å². The van der Waals surface area contributed by atoms with E-state index in [1.54, 1.807) is 0 Å². The second-order valence-corrected chi connectivity index (χ2v) is 5.86. The first-order valence-corrected chi connectivity index (χ1v) is 7.13. The number of rotatable bonds is 4. The molecule has 1 aromatic carbocycles. The van der Waals surface area contributed by atoms with Crippen LogP contribution < -0.4 is 0 Å². The van der Waals surface area contributed by atoms with Gasteiger partial charge in [0.25, 0.3) is 0 Å². The zero-order valence-corrected chi connectivity index (χ0v) is 12.2. The molecule has 3 nitrogen and oxygen atoms in total. The summed E-state index contributed by atoms with van der Waals surface area (Å²) in [5, 5.41) is 11.9. The van der Waals surface area contributed by atoms with Gasteiger partial charge in [-0.25, -0.2) is 4.98 Å². The SMILES string of the molecule is Cc1csc(C(Cc2cccc(Br)c2)C(=O)O)n1. The Labute approximate surface area is 118 Å². The molecular formula is C13H12BrNO2S. The monoisotopic (exact) mass is 325 g/mol. The Balaban J connectivity index is 2.24. The summed E-state index contributed by atoms with van der Waals surface area (Å²) in [5.74, 6) is -1.40. The molecule has 0 bridgehead atoms. The Hall–Kier alpha value is -1.20. The van der Waals surface area contributed by atoms with Crippen LogP contribution in [-0.4, -0.2) is 16.1 Å². The molecule has 0 saturated carbocycles. The first-order chi connectivity index (χ1) is 8.56. The highest BCUT2D eigenvalue weighted by Crippen LogP contribution is 2.25. The first kappa shape index (κ1) is 13.2. The fraction of sp³-hybridized carbons (Fsp3) is 0.231. The molecule has 0 fully saturated rings. The highest BCUT2D eigenvalue weighted by atomic mass is 79.9. The van der Waals surface area contributed by atoms with Gasteiger partial charge in [0.15, 0.2) is 0 Å². The fourth-order valence-electron chi connectivity index (χ4n) is 1.71. The lowest BCUT2D eigenvalue weighted by Gasteiger charge is -2.09. The molecule has 0 saturated heterocycles. The minimum absolute atomic E-state index is 0.460. The van der Waals surface area contributed by atoms with Crippen LogP contribution >= 0.6 is 27.3 Å². The summed E-state index contributed by atoms with van der Waals surface area (Å²) in [6.07, 6.45) is 0.460. The van der Waals surface area contributed by atoms with E-state index in [-0.39, 0.29) is 0 Å². The third kappa shape index (κ3) is 3.17. The summed E-state index contributed by atoms with van der Waals surface area (Å²) in [6.45, 7) is 1.87. The number of carbonyl (C=O) groups is 1. The molecule has 0 spiro atoms. The van der Waals surface area contributed by atoms with E-state index < -0.39 is 11.9 Å². The lowest BCUT2D eigenvalue weighted by molar-refractivity contribution is -0.138. The van der Waals surface area contributed by atoms with E-state index in [2.05, 4.69) is 20.9 Å². The van der Waals surface area contributed by atoms with Gasteiger partial charge in [-0.05, 0) is 31.0 Å². The predicted molar refractivity (Wildman–Crippen MR) is 75.1 cm³/mol. The Bertz CT molecular complexity index is 568. The van der Waals surface area contributed by atoms with Crippen LogP contribution in [0.1, 0.15) is 22.2 Å². The lowest BCUT2D eigenvalue weighted by atomic mass is 10.0. The maximum Gasteiger partial charge on any atom is 0.313 e. The largest absolute Gasteiger partial charge is 0.481 e. The van der Waals surface area contributed by atoms with Crippen molar-refractivity contribution in [2.75, 3.05) is 0 Å². The molecule has 1 unspecified atom stereocenters. The van der Waals surface area contributed by atoms with Crippen LogP contribution in [0, 0.1) is 6.92 Å². The summed E-state index contributed by atoms with van der Waals surface area (Å²) in [5.41, 5.74) is 1.86. The van der Waals surface area contributed by atoms with Crippen molar-refractivity contribution in [1.29, 1.82) is 0 Å². The van der Waals surface area contributed by atoms with Crippen LogP contribution in [0.3, 0.4) is 0 Å². The Morgan fingerprint density at radius 3 is 2.89 bits per heavy atom. The molecule has 0 amide bonds. The molecule has 1 atom stereocenters. The van der Waals surface area contributed by atoms with Gasteiger partial charge in [0, 0.05) is 15.5 Å². The van der Waals surface area contributed by atoms with Gasteiger partial charge in [-0.3, -0.25) is 4.79 Å². The minimum atomic E-state index is -0.829. The molecule has 94 valence electrons. The summed E-state index contributed by atoms with van der Waals surface area (Å²) in [7, 11) is 0. The third-order valence-electron chi connectivity index (χ3n) is 2.56. The van der Waals surface area contributed by atoms with E-state index >= 15 is 0 Å². The third-order valence-corrected chi connectivity index (χ3v) is 4.13. The number of carboxylic acid groups (broad SMARTS) is 1. The second-order valence-electron chi connectivity index (χ2n) is 4.05. The van der Waals surface area contributed by atoms with Crippen LogP contribution in [-0.2, 0) is 11.2 Å². The van der Waals surface area contributed by atoms with E-state index in [1.807, 2.05) is 36.6 Å². The number of hydrogen-bond acceptors (Lipinski definition) is 3. The Morgan fingerprint density at radius 2 is 2.33 bits per heavy atom. The van der Waals surface area contributed by atoms with E-state index in [1.165, 1.54) is 11.3 Å². The van der Waals surface area contributed by atoms with Gasteiger partial charge in [-0.1, -0.05) is 28.1 Å². The zero-order chi connectivity index (χ0) is 13.1. The molecule has 0 aliphatic carbocycles. The van der Waals surface area contributed by atoms with Crippen LogP contribution in [0.2, 0.25) is 0 Å². The summed E-state index contributed by atoms with van der Waals surface area (Å²) in [6, 6.07) is 7.70. The Morgan fingerprint density at radius 1 is 1.56 bits per heavy atom. The van der Waals surface area contributed by atoms with Gasteiger partial charge in [-0.2, -0.15) is 0 Å². The minimum Gasteiger partial charge on any atom is -0.481 e. The van der Waals surface area contributed by atoms with Crippen molar-refractivity contribution in [3.05, 3.63) is 50.4 Å². The van der Waals surface area contributed by atoms with Crippen molar-refractivity contribution in [3.8, 4) is 0 Å². The number of halogens is 1. The summed E-state index contributed by atoms with van der Waals surface area (Å²) >= 11 is 4.79. The van der Waals surface area contributed by atoms with E-state index in [0.717, 1.165) is 15.7 Å². The molecule has 0 radical (unpaired) electrons. The topological polar surface area (TPSA) is 50.2 Å². The van der Waals surface area contributed by atoms with Crippen molar-refractivity contribution < 1.29 is 9.90 Å². The van der Waals surface area contributed by atoms with Crippen molar-refractivity contribution in [2.24, 2.45) is 0 Å². The van der Waals surface area contributed by atoms with Gasteiger partial charge in [-0.15, -0.1) is 11.3 Å². The molecule has 5 heteroatoms. The van der Waals surface area contributed by atoms with Crippen molar-refractivity contribution in [3.63, 3.8) is 0 Å². The number of benzene rings is 1. The molecule has 2 rings (SSSR count). The highest BCUT2D eigenvalue weighted by Gasteiger charge is 2.23. The van der Waals surface area contributed by atoms with E-state index in [4.69, 9.17) is 0 Å². The van der Waals surface area contributed by atoms with Gasteiger partial charge in [0.05, 0.1) is 0 Å². The number of carboxylic acids is 1. The van der Waals surface area contributed by atoms with Gasteiger partial charge >= 0.3 is 5.97 Å². The fourth-order valence-corrected chi connectivity index (χ4v) is 3.05. The summed E-state index contributed by atoms with van der Waals surface area (Å²) in [4.78, 5) is 15.6. The van der Waals surface area contributed by atoms with Crippen LogP contribution in [0.25, 0.3) is 0 Å². The molecule has 0 aliphatic rings. The van der Waals surface area contributed by atoms with Crippen LogP contribution in [0.4, 0.5) is 0 Å². The van der Waals surface area contributed by atoms with Crippen LogP contribution in [0.5, 0.6) is 0 Å². The van der Waals surface area contributed by atoms with Gasteiger partial charge in [0.2, 0.25) is 0 Å². The van der Waals surface area contributed by atoms with Gasteiger partial charge < -0.3 is 5.11 Å². The smallest absolute Gasteiger partial charge is 0.313 e. The number of hydrogen-bond donors (Lipinski definition) is 1. The number of aliphatic carboxylic acids is 1. The second kappa shape index (κ2) is 5.63. The van der Waals surface area contributed by atoms with Crippen LogP contribution in [0.15, 0.2) is 34.1 Å². The molecule has 2 aromatic rings. The average Bonchev–Trinajstić information content (AvgIpc) is 2.72. The molecule has 18 heavy (non-hydrogen) atoms.